The number of nitrogens with one attached hydrogen (secondary N) is 6. The quantitative estimate of drug-likeness (QED) is 0.0407. The predicted molar refractivity (Wildman–Crippen MR) is 283 cm³/mol. The number of aliphatic hydroxyl groups is 8. The summed E-state index contributed by atoms with van der Waals surface area (Å²) in [6.07, 6.45) is -6.39. The number of aliphatic hydroxyl groups excluding tert-OH is 8. The van der Waals surface area contributed by atoms with Crippen molar-refractivity contribution in [2.24, 2.45) is 0 Å². The van der Waals surface area contributed by atoms with E-state index in [1.807, 2.05) is 103 Å². The monoisotopic (exact) mass is 1580 g/mol. The molecule has 0 aliphatic rings. The van der Waals surface area contributed by atoms with Crippen LogP contribution in [0, 0.1) is 21.4 Å². The highest BCUT2D eigenvalue weighted by Crippen LogP contribution is 2.38. The van der Waals surface area contributed by atoms with E-state index in [0.717, 1.165) is 0 Å². The fraction of sp³-hybridized carbons (Fsp3) is 0.500. The van der Waals surface area contributed by atoms with Crippen molar-refractivity contribution in [2.45, 2.75) is 88.6 Å². The molecule has 2 aromatic rings. The molecule has 27 heteroatoms. The molecule has 0 heterocycles. The Bertz CT molecular complexity index is 1780. The van der Waals surface area contributed by atoms with Crippen LogP contribution in [0.5, 0.6) is 0 Å². The molecule has 4 atom stereocenters. The topological polar surface area (TPSA) is 336 Å². The highest BCUT2D eigenvalue weighted by atomic mass is 127. The number of carbonyl (C=O) groups is 6. The first kappa shape index (κ1) is 58.7. The van der Waals surface area contributed by atoms with Gasteiger partial charge in [0, 0.05) is 80.2 Å². The molecule has 0 fully saturated rings. The highest BCUT2D eigenvalue weighted by Gasteiger charge is 2.33. The van der Waals surface area contributed by atoms with E-state index >= 15 is 0 Å². The van der Waals surface area contributed by atoms with Gasteiger partial charge in [0.1, 0.15) is 24.9 Å². The van der Waals surface area contributed by atoms with Gasteiger partial charge in [0.25, 0.3) is 23.6 Å². The second-order valence-corrected chi connectivity index (χ2v) is 26.2. The van der Waals surface area contributed by atoms with Crippen LogP contribution in [0.15, 0.2) is 0 Å². The van der Waals surface area contributed by atoms with Gasteiger partial charge < -0.3 is 72.8 Å². The predicted octanol–water partition coefficient (Wildman–Crippen LogP) is 2.10. The fourth-order valence-corrected chi connectivity index (χ4v) is 16.3. The average Bonchev–Trinajstić information content (AvgIpc) is 3.16. The van der Waals surface area contributed by atoms with E-state index in [1.54, 1.807) is 45.2 Å². The number of anilines is 2. The normalized spacial score (nSPS) is 13.3. The Labute approximate surface area is 445 Å². The third kappa shape index (κ3) is 17.5. The molecule has 4 unspecified atom stereocenters. The Kier molecular flexibility index (Phi) is 26.2. The van der Waals surface area contributed by atoms with E-state index in [2.05, 4.69) is 31.9 Å². The molecule has 0 aliphatic heterocycles. The molecule has 14 N–H and O–H groups in total. The molecule has 6 amide bonds. The van der Waals surface area contributed by atoms with Crippen molar-refractivity contribution in [3.05, 3.63) is 43.7 Å². The summed E-state index contributed by atoms with van der Waals surface area (Å²) in [7, 11) is -2.34. The summed E-state index contributed by atoms with van der Waals surface area (Å²) in [6.45, 7) is 2.28. The van der Waals surface area contributed by atoms with Crippen LogP contribution in [-0.4, -0.2) is 136 Å². The number of rotatable bonds is 24. The molecule has 20 nitrogen and oxygen atoms in total. The zero-order valence-electron chi connectivity index (χ0n) is 33.6. The lowest BCUT2D eigenvalue weighted by molar-refractivity contribution is -0.116. The maximum Gasteiger partial charge on any atom is 0.255 e. The minimum Gasteiger partial charge on any atom is -0.396 e. The molecule has 0 radical (unpaired) electrons. The molecule has 2 rings (SSSR count). The van der Waals surface area contributed by atoms with E-state index in [9.17, 15) is 69.6 Å². The molecular formula is C36H48I6N6O14Si. The average molecular weight is 1580 g/mol. The number of benzene rings is 2. The van der Waals surface area contributed by atoms with Crippen LogP contribution >= 0.6 is 136 Å². The molecule has 0 bridgehead atoms. The van der Waals surface area contributed by atoms with Crippen LogP contribution in [0.1, 0.15) is 80.0 Å². The van der Waals surface area contributed by atoms with Gasteiger partial charge in [-0.3, -0.25) is 28.8 Å². The molecule has 2 aromatic carbocycles. The third-order valence-corrected chi connectivity index (χ3v) is 18.6. The summed E-state index contributed by atoms with van der Waals surface area (Å²) in [6, 6.07) is 0.787. The van der Waals surface area contributed by atoms with Crippen molar-refractivity contribution < 1.29 is 69.6 Å². The van der Waals surface area contributed by atoms with Crippen molar-refractivity contribution in [2.75, 3.05) is 37.1 Å². The molecular weight excluding hydrogens is 1530 g/mol. The Balaban J connectivity index is 2.38. The zero-order valence-corrected chi connectivity index (χ0v) is 47.5. The molecule has 0 saturated carbocycles. The lowest BCUT2D eigenvalue weighted by Gasteiger charge is -2.24. The van der Waals surface area contributed by atoms with Crippen LogP contribution in [0.4, 0.5) is 11.4 Å². The van der Waals surface area contributed by atoms with Gasteiger partial charge in [0.05, 0.1) is 47.9 Å². The summed E-state index contributed by atoms with van der Waals surface area (Å²) >= 11 is 10.9. The Hall–Kier alpha value is -0.463. The maximum absolute atomic E-state index is 13.6. The van der Waals surface area contributed by atoms with E-state index in [1.165, 1.54) is 0 Å². The standard InChI is InChI=1S/C36H48I6N6O14Si/c1-63(2,13-7-19(57)43-31-27(39)21(33(59)45-15(53)3-9-49)25(37)22(28(31)40)34(60)46-16(54)4-10-50)14-8-20(58)44-32-29(41)23(35(61)47-17(55)5-11-51)26(38)24(30(32)42)36(62)48-18(56)6-12-52/h15-18,49-56H,3-14H2,1-2H3,(H,43,57)(H,44,58)(H,45,59)(H,46,60)(H,47,61)(H,48,62). The SMILES string of the molecule is C[Si](C)(CCC(=O)Nc1c(I)c(C(=O)NC(O)CCO)c(I)c(C(=O)NC(O)CCO)c1I)CCC(=O)Nc1c(I)c(C(=O)NC(O)CCO)c(I)c(C(=O)NC(O)CCO)c1I. The van der Waals surface area contributed by atoms with E-state index in [-0.39, 0.29) is 93.6 Å². The van der Waals surface area contributed by atoms with Crippen molar-refractivity contribution in [1.82, 2.24) is 21.3 Å². The molecule has 0 saturated heterocycles. The number of hydrogen-bond acceptors (Lipinski definition) is 14. The van der Waals surface area contributed by atoms with Crippen LogP contribution < -0.4 is 31.9 Å². The lowest BCUT2D eigenvalue weighted by Crippen LogP contribution is -2.39. The summed E-state index contributed by atoms with van der Waals surface area (Å²) in [5.74, 6) is -4.12. The minimum atomic E-state index is -2.34. The van der Waals surface area contributed by atoms with Crippen molar-refractivity contribution in [3.8, 4) is 0 Å². The number of carbonyl (C=O) groups excluding carboxylic acids is 6. The largest absolute Gasteiger partial charge is 0.396 e. The molecule has 352 valence electrons. The summed E-state index contributed by atoms with van der Waals surface area (Å²) in [5.41, 5.74) is 0.0344. The summed E-state index contributed by atoms with van der Waals surface area (Å²) in [4.78, 5) is 80.7. The van der Waals surface area contributed by atoms with Crippen molar-refractivity contribution in [1.29, 1.82) is 0 Å². The van der Waals surface area contributed by atoms with Crippen LogP contribution in [0.25, 0.3) is 0 Å². The second kappa shape index (κ2) is 28.1. The van der Waals surface area contributed by atoms with Gasteiger partial charge in [-0.15, -0.1) is 0 Å². The molecule has 0 aromatic heterocycles. The van der Waals surface area contributed by atoms with Crippen LogP contribution in [0.2, 0.25) is 25.2 Å². The van der Waals surface area contributed by atoms with Crippen LogP contribution in [0.3, 0.4) is 0 Å². The fourth-order valence-electron chi connectivity index (χ4n) is 5.45. The number of halogens is 6. The van der Waals surface area contributed by atoms with Gasteiger partial charge in [0.2, 0.25) is 11.8 Å². The number of hydrogen-bond donors (Lipinski definition) is 14. The van der Waals surface area contributed by atoms with Gasteiger partial charge >= 0.3 is 0 Å². The van der Waals surface area contributed by atoms with E-state index < -0.39 is 94.9 Å². The molecule has 0 spiro atoms. The van der Waals surface area contributed by atoms with Gasteiger partial charge in [0.15, 0.2) is 0 Å². The van der Waals surface area contributed by atoms with Crippen LogP contribution in [-0.2, 0) is 9.59 Å². The van der Waals surface area contributed by atoms with Gasteiger partial charge in [-0.25, -0.2) is 0 Å². The molecule has 63 heavy (non-hydrogen) atoms. The first-order valence-corrected chi connectivity index (χ1v) is 28.7. The minimum absolute atomic E-state index is 0.0133. The maximum atomic E-state index is 13.6. The third-order valence-electron chi connectivity index (χ3n) is 8.93. The van der Waals surface area contributed by atoms with Gasteiger partial charge in [-0.05, 0) is 148 Å². The Morgan fingerprint density at radius 3 is 0.873 bits per heavy atom. The smallest absolute Gasteiger partial charge is 0.255 e. The van der Waals surface area contributed by atoms with Gasteiger partial charge in [-0.1, -0.05) is 13.1 Å². The Morgan fingerprint density at radius 2 is 0.667 bits per heavy atom. The summed E-state index contributed by atoms with van der Waals surface area (Å²) < 4.78 is 1.27. The van der Waals surface area contributed by atoms with Crippen molar-refractivity contribution in [3.63, 3.8) is 0 Å². The highest BCUT2D eigenvalue weighted by molar-refractivity contribution is 14.1. The van der Waals surface area contributed by atoms with Gasteiger partial charge in [-0.2, -0.15) is 0 Å². The second-order valence-electron chi connectivity index (χ2n) is 14.4. The first-order valence-electron chi connectivity index (χ1n) is 18.9. The van der Waals surface area contributed by atoms with E-state index in [4.69, 9.17) is 0 Å². The number of amides is 6. The summed E-state index contributed by atoms with van der Waals surface area (Å²) in [5, 5.41) is 92.6. The lowest BCUT2D eigenvalue weighted by atomic mass is 10.1. The first-order chi connectivity index (χ1) is 29.5. The zero-order chi connectivity index (χ0) is 47.9. The Morgan fingerprint density at radius 1 is 0.444 bits per heavy atom. The van der Waals surface area contributed by atoms with Crippen molar-refractivity contribution >= 4 is 190 Å². The van der Waals surface area contributed by atoms with E-state index in [0.29, 0.717) is 12.1 Å². The molecule has 0 aliphatic carbocycles.